The molecular weight excluding hydrogens is 256 g/mol. The van der Waals surface area contributed by atoms with E-state index in [-0.39, 0.29) is 12.1 Å². The van der Waals surface area contributed by atoms with Gasteiger partial charge in [-0.2, -0.15) is 0 Å². The van der Waals surface area contributed by atoms with E-state index >= 15 is 0 Å². The third-order valence-electron chi connectivity index (χ3n) is 3.61. The van der Waals surface area contributed by atoms with Crippen LogP contribution < -0.4 is 10.6 Å². The number of anilines is 2. The predicted molar refractivity (Wildman–Crippen MR) is 78.8 cm³/mol. The SMILES string of the molecule is CCCNc1cc(NC2(CO)CCC2)nc(COC)n1. The van der Waals surface area contributed by atoms with E-state index in [0.29, 0.717) is 12.4 Å². The molecule has 1 aliphatic rings. The molecule has 0 bridgehead atoms. The lowest BCUT2D eigenvalue weighted by Gasteiger charge is -2.41. The van der Waals surface area contributed by atoms with Crippen LogP contribution in [0.4, 0.5) is 11.6 Å². The first-order valence-corrected chi connectivity index (χ1v) is 7.21. The maximum Gasteiger partial charge on any atom is 0.158 e. The average molecular weight is 280 g/mol. The van der Waals surface area contributed by atoms with Crippen LogP contribution >= 0.6 is 0 Å². The van der Waals surface area contributed by atoms with Crippen molar-refractivity contribution in [2.45, 2.75) is 44.8 Å². The molecule has 0 aromatic carbocycles. The number of ether oxygens (including phenoxy) is 1. The third-order valence-corrected chi connectivity index (χ3v) is 3.61. The van der Waals surface area contributed by atoms with Crippen molar-refractivity contribution in [1.82, 2.24) is 9.97 Å². The van der Waals surface area contributed by atoms with E-state index in [1.807, 2.05) is 6.07 Å². The second-order valence-corrected chi connectivity index (χ2v) is 5.33. The molecule has 20 heavy (non-hydrogen) atoms. The van der Waals surface area contributed by atoms with Gasteiger partial charge in [0.2, 0.25) is 0 Å². The lowest BCUT2D eigenvalue weighted by Crippen LogP contribution is -2.48. The molecule has 2 rings (SSSR count). The first kappa shape index (κ1) is 15.0. The summed E-state index contributed by atoms with van der Waals surface area (Å²) < 4.78 is 5.11. The number of rotatable bonds is 8. The Morgan fingerprint density at radius 1 is 1.35 bits per heavy atom. The number of aromatic nitrogens is 2. The van der Waals surface area contributed by atoms with E-state index in [4.69, 9.17) is 4.74 Å². The molecule has 1 aromatic heterocycles. The van der Waals surface area contributed by atoms with Crippen LogP contribution in [-0.2, 0) is 11.3 Å². The van der Waals surface area contributed by atoms with Gasteiger partial charge in [0.15, 0.2) is 5.82 Å². The van der Waals surface area contributed by atoms with Gasteiger partial charge in [0.1, 0.15) is 18.2 Å². The number of nitrogens with zero attached hydrogens (tertiary/aromatic N) is 2. The van der Waals surface area contributed by atoms with Crippen LogP contribution in [0, 0.1) is 0 Å². The summed E-state index contributed by atoms with van der Waals surface area (Å²) in [5.74, 6) is 2.19. The minimum absolute atomic E-state index is 0.133. The second kappa shape index (κ2) is 6.85. The van der Waals surface area contributed by atoms with Crippen LogP contribution in [0.1, 0.15) is 38.4 Å². The smallest absolute Gasteiger partial charge is 0.158 e. The molecule has 6 heteroatoms. The second-order valence-electron chi connectivity index (χ2n) is 5.33. The Labute approximate surface area is 120 Å². The molecular formula is C14H24N4O2. The van der Waals surface area contributed by atoms with Crippen molar-refractivity contribution in [1.29, 1.82) is 0 Å². The van der Waals surface area contributed by atoms with E-state index in [0.717, 1.165) is 43.9 Å². The molecule has 1 aliphatic carbocycles. The summed E-state index contributed by atoms with van der Waals surface area (Å²) in [4.78, 5) is 8.86. The Bertz CT molecular complexity index is 430. The Morgan fingerprint density at radius 3 is 2.65 bits per heavy atom. The van der Waals surface area contributed by atoms with Gasteiger partial charge in [-0.15, -0.1) is 0 Å². The molecule has 0 saturated heterocycles. The van der Waals surface area contributed by atoms with Crippen LogP contribution in [0.3, 0.4) is 0 Å². The van der Waals surface area contributed by atoms with Gasteiger partial charge in [-0.05, 0) is 25.7 Å². The molecule has 3 N–H and O–H groups in total. The van der Waals surface area contributed by atoms with Gasteiger partial charge in [-0.1, -0.05) is 6.92 Å². The summed E-state index contributed by atoms with van der Waals surface area (Å²) in [6.45, 7) is 3.49. The fraction of sp³-hybridized carbons (Fsp3) is 0.714. The van der Waals surface area contributed by atoms with Crippen LogP contribution in [-0.4, -0.2) is 40.9 Å². The molecule has 1 fully saturated rings. The lowest BCUT2D eigenvalue weighted by molar-refractivity contribution is 0.143. The summed E-state index contributed by atoms with van der Waals surface area (Å²) >= 11 is 0. The highest BCUT2D eigenvalue weighted by molar-refractivity contribution is 5.49. The highest BCUT2D eigenvalue weighted by Crippen LogP contribution is 2.34. The summed E-state index contributed by atoms with van der Waals surface area (Å²) in [5, 5.41) is 16.2. The van der Waals surface area contributed by atoms with E-state index in [1.165, 1.54) is 0 Å². The number of hydrogen-bond donors (Lipinski definition) is 3. The number of aliphatic hydroxyl groups excluding tert-OH is 1. The normalized spacial score (nSPS) is 16.6. The minimum Gasteiger partial charge on any atom is -0.394 e. The number of methoxy groups -OCH3 is 1. The van der Waals surface area contributed by atoms with E-state index in [2.05, 4.69) is 27.5 Å². The number of aliphatic hydroxyl groups is 1. The zero-order chi connectivity index (χ0) is 14.4. The largest absolute Gasteiger partial charge is 0.394 e. The molecule has 1 aromatic rings. The fourth-order valence-electron chi connectivity index (χ4n) is 2.30. The van der Waals surface area contributed by atoms with E-state index < -0.39 is 0 Å². The van der Waals surface area contributed by atoms with Crippen molar-refractivity contribution in [3.05, 3.63) is 11.9 Å². The maximum atomic E-state index is 9.54. The van der Waals surface area contributed by atoms with E-state index in [9.17, 15) is 5.11 Å². The van der Waals surface area contributed by atoms with Crippen molar-refractivity contribution in [3.8, 4) is 0 Å². The molecule has 6 nitrogen and oxygen atoms in total. The first-order valence-electron chi connectivity index (χ1n) is 7.21. The third kappa shape index (κ3) is 3.58. The number of nitrogens with one attached hydrogen (secondary N) is 2. The minimum atomic E-state index is -0.208. The summed E-state index contributed by atoms with van der Waals surface area (Å²) in [7, 11) is 1.63. The average Bonchev–Trinajstić information content (AvgIpc) is 2.41. The zero-order valence-corrected chi connectivity index (χ0v) is 12.3. The van der Waals surface area contributed by atoms with Gasteiger partial charge >= 0.3 is 0 Å². The molecule has 0 spiro atoms. The molecule has 0 amide bonds. The topological polar surface area (TPSA) is 79.3 Å². The Morgan fingerprint density at radius 2 is 2.10 bits per heavy atom. The molecule has 1 saturated carbocycles. The molecule has 0 atom stereocenters. The summed E-state index contributed by atoms with van der Waals surface area (Å²) in [6, 6.07) is 1.89. The van der Waals surface area contributed by atoms with Crippen molar-refractivity contribution >= 4 is 11.6 Å². The van der Waals surface area contributed by atoms with Crippen molar-refractivity contribution in [2.24, 2.45) is 0 Å². The molecule has 0 aliphatic heterocycles. The molecule has 112 valence electrons. The fourth-order valence-corrected chi connectivity index (χ4v) is 2.30. The summed E-state index contributed by atoms with van der Waals surface area (Å²) in [6.07, 6.45) is 4.13. The van der Waals surface area contributed by atoms with Crippen molar-refractivity contribution < 1.29 is 9.84 Å². The van der Waals surface area contributed by atoms with E-state index in [1.54, 1.807) is 7.11 Å². The molecule has 0 unspecified atom stereocenters. The first-order chi connectivity index (χ1) is 9.71. The predicted octanol–water partition coefficient (Wildman–Crippen LogP) is 1.77. The van der Waals surface area contributed by atoms with Gasteiger partial charge < -0.3 is 20.5 Å². The number of hydrogen-bond acceptors (Lipinski definition) is 6. The Kier molecular flexibility index (Phi) is 5.14. The van der Waals surface area contributed by atoms with Crippen LogP contribution in [0.25, 0.3) is 0 Å². The monoisotopic (exact) mass is 280 g/mol. The maximum absolute atomic E-state index is 9.54. The van der Waals surface area contributed by atoms with Crippen molar-refractivity contribution in [3.63, 3.8) is 0 Å². The van der Waals surface area contributed by atoms with Crippen molar-refractivity contribution in [2.75, 3.05) is 30.9 Å². The van der Waals surface area contributed by atoms with Crippen LogP contribution in [0.2, 0.25) is 0 Å². The van der Waals surface area contributed by atoms with Gasteiger partial charge in [-0.3, -0.25) is 0 Å². The zero-order valence-electron chi connectivity index (χ0n) is 12.3. The Hall–Kier alpha value is -1.40. The quantitative estimate of drug-likeness (QED) is 0.673. The lowest BCUT2D eigenvalue weighted by atomic mass is 9.77. The molecule has 0 radical (unpaired) electrons. The highest BCUT2D eigenvalue weighted by atomic mass is 16.5. The van der Waals surface area contributed by atoms with Gasteiger partial charge in [0.25, 0.3) is 0 Å². The van der Waals surface area contributed by atoms with Gasteiger partial charge in [0.05, 0.1) is 12.1 Å². The highest BCUT2D eigenvalue weighted by Gasteiger charge is 2.36. The van der Waals surface area contributed by atoms with Crippen LogP contribution in [0.15, 0.2) is 6.07 Å². The van der Waals surface area contributed by atoms with Gasteiger partial charge in [-0.25, -0.2) is 9.97 Å². The van der Waals surface area contributed by atoms with Crippen LogP contribution in [0.5, 0.6) is 0 Å². The molecule has 1 heterocycles. The summed E-state index contributed by atoms with van der Waals surface area (Å²) in [5.41, 5.74) is -0.208. The Balaban J connectivity index is 2.15. The standard InChI is InChI=1S/C14H24N4O2/c1-3-7-15-11-8-12(17-13(16-11)9-20-2)18-14(10-19)5-4-6-14/h8,19H,3-7,9-10H2,1-2H3,(H2,15,16,17,18). The van der Waals surface area contributed by atoms with Gasteiger partial charge in [0, 0.05) is 19.7 Å².